The molecule has 130 valence electrons. The predicted molar refractivity (Wildman–Crippen MR) is 90.0 cm³/mol. The molecule has 0 radical (unpaired) electrons. The van der Waals surface area contributed by atoms with Crippen molar-refractivity contribution in [2.75, 3.05) is 32.7 Å². The summed E-state index contributed by atoms with van der Waals surface area (Å²) in [5.74, 6) is 1.30. The van der Waals surface area contributed by atoms with Gasteiger partial charge in [0.15, 0.2) is 0 Å². The second-order valence-corrected chi connectivity index (χ2v) is 7.77. The third kappa shape index (κ3) is 3.87. The number of carbonyl (C=O) groups is 2. The first-order valence-corrected chi connectivity index (χ1v) is 9.36. The maximum Gasteiger partial charge on any atom is 0.222 e. The Morgan fingerprint density at radius 1 is 1.00 bits per heavy atom. The van der Waals surface area contributed by atoms with Crippen LogP contribution in [0.15, 0.2) is 0 Å². The molecule has 3 aliphatic heterocycles. The molecule has 23 heavy (non-hydrogen) atoms. The highest BCUT2D eigenvalue weighted by molar-refractivity contribution is 5.78. The molecule has 2 amide bonds. The zero-order valence-corrected chi connectivity index (χ0v) is 14.7. The molecule has 1 atom stereocenters. The second kappa shape index (κ2) is 7.20. The summed E-state index contributed by atoms with van der Waals surface area (Å²) >= 11 is 0. The van der Waals surface area contributed by atoms with Crippen molar-refractivity contribution in [3.05, 3.63) is 0 Å². The number of nitrogens with zero attached hydrogens (tertiary/aromatic N) is 3. The highest BCUT2D eigenvalue weighted by Gasteiger charge is 2.33. The summed E-state index contributed by atoms with van der Waals surface area (Å²) in [5, 5.41) is 0. The van der Waals surface area contributed by atoms with Crippen molar-refractivity contribution in [1.29, 1.82) is 0 Å². The van der Waals surface area contributed by atoms with Gasteiger partial charge in [-0.25, -0.2) is 0 Å². The van der Waals surface area contributed by atoms with Crippen molar-refractivity contribution in [2.45, 2.75) is 64.5 Å². The van der Waals surface area contributed by atoms with Gasteiger partial charge in [-0.3, -0.25) is 9.59 Å². The van der Waals surface area contributed by atoms with Gasteiger partial charge in [-0.2, -0.15) is 0 Å². The third-order valence-electron chi connectivity index (χ3n) is 5.79. The van der Waals surface area contributed by atoms with Crippen molar-refractivity contribution in [3.8, 4) is 0 Å². The standard InChI is InChI=1S/C18H31N3O2/c1-14(2)21-13-15(5-6-18(21)23)12-19-10-7-16(8-11-19)20-9-3-4-17(20)22/h14-16H,3-13H2,1-2H3. The smallest absolute Gasteiger partial charge is 0.222 e. The van der Waals surface area contributed by atoms with Crippen molar-refractivity contribution in [3.63, 3.8) is 0 Å². The van der Waals surface area contributed by atoms with E-state index in [9.17, 15) is 9.59 Å². The lowest BCUT2D eigenvalue weighted by atomic mass is 9.94. The van der Waals surface area contributed by atoms with E-state index in [0.29, 0.717) is 36.2 Å². The fourth-order valence-electron chi connectivity index (χ4n) is 4.42. The molecule has 0 aromatic heterocycles. The Hall–Kier alpha value is -1.10. The molecule has 3 aliphatic rings. The molecular weight excluding hydrogens is 290 g/mol. The minimum atomic E-state index is 0.317. The minimum absolute atomic E-state index is 0.317. The maximum absolute atomic E-state index is 12.0. The van der Waals surface area contributed by atoms with E-state index in [-0.39, 0.29) is 0 Å². The lowest BCUT2D eigenvalue weighted by Gasteiger charge is -2.41. The zero-order valence-electron chi connectivity index (χ0n) is 14.7. The van der Waals surface area contributed by atoms with Crippen LogP contribution in [0.5, 0.6) is 0 Å². The number of amides is 2. The van der Waals surface area contributed by atoms with Crippen LogP contribution in [0.2, 0.25) is 0 Å². The summed E-state index contributed by atoms with van der Waals surface area (Å²) in [6.07, 6.45) is 5.77. The minimum Gasteiger partial charge on any atom is -0.340 e. The fourth-order valence-corrected chi connectivity index (χ4v) is 4.42. The van der Waals surface area contributed by atoms with E-state index in [0.717, 1.165) is 64.8 Å². The Kier molecular flexibility index (Phi) is 5.24. The normalized spacial score (nSPS) is 28.2. The Morgan fingerprint density at radius 3 is 2.35 bits per heavy atom. The van der Waals surface area contributed by atoms with E-state index in [1.54, 1.807) is 0 Å². The molecule has 1 unspecified atom stereocenters. The monoisotopic (exact) mass is 321 g/mol. The summed E-state index contributed by atoms with van der Waals surface area (Å²) in [6.45, 7) is 9.41. The Bertz CT molecular complexity index is 444. The zero-order chi connectivity index (χ0) is 16.4. The summed E-state index contributed by atoms with van der Waals surface area (Å²) < 4.78 is 0. The molecule has 0 aliphatic carbocycles. The Balaban J connectivity index is 1.45. The third-order valence-corrected chi connectivity index (χ3v) is 5.79. The quantitative estimate of drug-likeness (QED) is 0.792. The van der Waals surface area contributed by atoms with Crippen LogP contribution in [0.25, 0.3) is 0 Å². The molecule has 3 rings (SSSR count). The van der Waals surface area contributed by atoms with Crippen LogP contribution in [-0.4, -0.2) is 71.3 Å². The topological polar surface area (TPSA) is 43.9 Å². The van der Waals surface area contributed by atoms with Crippen LogP contribution in [0, 0.1) is 5.92 Å². The van der Waals surface area contributed by atoms with Gasteiger partial charge in [-0.05, 0) is 45.4 Å². The van der Waals surface area contributed by atoms with Gasteiger partial charge in [-0.15, -0.1) is 0 Å². The Labute approximate surface area is 140 Å². The first-order valence-electron chi connectivity index (χ1n) is 9.36. The number of hydrogen-bond acceptors (Lipinski definition) is 3. The molecule has 0 aromatic carbocycles. The van der Waals surface area contributed by atoms with Crippen LogP contribution < -0.4 is 0 Å². The van der Waals surface area contributed by atoms with Crippen molar-refractivity contribution >= 4 is 11.8 Å². The van der Waals surface area contributed by atoms with Crippen molar-refractivity contribution in [2.24, 2.45) is 5.92 Å². The van der Waals surface area contributed by atoms with Crippen LogP contribution in [-0.2, 0) is 9.59 Å². The molecule has 3 saturated heterocycles. The molecule has 0 saturated carbocycles. The van der Waals surface area contributed by atoms with Gasteiger partial charge in [0.1, 0.15) is 0 Å². The molecule has 0 aromatic rings. The fraction of sp³-hybridized carbons (Fsp3) is 0.889. The molecule has 0 spiro atoms. The number of likely N-dealkylation sites (tertiary alicyclic amines) is 3. The largest absolute Gasteiger partial charge is 0.340 e. The van der Waals surface area contributed by atoms with E-state index < -0.39 is 0 Å². The van der Waals surface area contributed by atoms with E-state index in [4.69, 9.17) is 0 Å². The van der Waals surface area contributed by atoms with Gasteiger partial charge < -0.3 is 14.7 Å². The van der Waals surface area contributed by atoms with E-state index in [1.807, 2.05) is 4.90 Å². The maximum atomic E-state index is 12.0. The molecule has 5 heteroatoms. The molecule has 3 heterocycles. The highest BCUT2D eigenvalue weighted by Crippen LogP contribution is 2.25. The van der Waals surface area contributed by atoms with E-state index in [1.165, 1.54) is 0 Å². The van der Waals surface area contributed by atoms with Gasteiger partial charge in [0.2, 0.25) is 11.8 Å². The molecule has 0 bridgehead atoms. The summed E-state index contributed by atoms with van der Waals surface area (Å²) in [7, 11) is 0. The summed E-state index contributed by atoms with van der Waals surface area (Å²) in [6, 6.07) is 0.790. The van der Waals surface area contributed by atoms with Crippen molar-refractivity contribution < 1.29 is 9.59 Å². The average molecular weight is 321 g/mol. The van der Waals surface area contributed by atoms with Gasteiger partial charge >= 0.3 is 0 Å². The molecule has 0 N–H and O–H groups in total. The lowest BCUT2D eigenvalue weighted by Crippen LogP contribution is -2.50. The first-order chi connectivity index (χ1) is 11.0. The first kappa shape index (κ1) is 16.7. The van der Waals surface area contributed by atoms with Crippen LogP contribution in [0.4, 0.5) is 0 Å². The molecule has 3 fully saturated rings. The SMILES string of the molecule is CC(C)N1CC(CN2CCC(N3CCCC3=O)CC2)CCC1=O. The number of carbonyl (C=O) groups excluding carboxylic acids is 2. The van der Waals surface area contributed by atoms with Crippen LogP contribution >= 0.6 is 0 Å². The lowest BCUT2D eigenvalue weighted by molar-refractivity contribution is -0.137. The molecular formula is C18H31N3O2. The summed E-state index contributed by atoms with van der Waals surface area (Å²) in [5.41, 5.74) is 0. The van der Waals surface area contributed by atoms with Crippen LogP contribution in [0.1, 0.15) is 52.4 Å². The second-order valence-electron chi connectivity index (χ2n) is 7.77. The number of hydrogen-bond donors (Lipinski definition) is 0. The van der Waals surface area contributed by atoms with E-state index >= 15 is 0 Å². The Morgan fingerprint density at radius 2 is 1.74 bits per heavy atom. The van der Waals surface area contributed by atoms with Gasteiger partial charge in [-0.1, -0.05) is 0 Å². The highest BCUT2D eigenvalue weighted by atomic mass is 16.2. The van der Waals surface area contributed by atoms with Gasteiger partial charge in [0.25, 0.3) is 0 Å². The molecule has 5 nitrogen and oxygen atoms in total. The van der Waals surface area contributed by atoms with Crippen molar-refractivity contribution in [1.82, 2.24) is 14.7 Å². The number of piperidine rings is 2. The van der Waals surface area contributed by atoms with Gasteiger partial charge in [0.05, 0.1) is 0 Å². The van der Waals surface area contributed by atoms with E-state index in [2.05, 4.69) is 23.6 Å². The van der Waals surface area contributed by atoms with Gasteiger partial charge in [0, 0.05) is 57.6 Å². The number of rotatable bonds is 4. The van der Waals surface area contributed by atoms with Crippen LogP contribution in [0.3, 0.4) is 0 Å². The summed E-state index contributed by atoms with van der Waals surface area (Å²) in [4.78, 5) is 30.6. The average Bonchev–Trinajstić information content (AvgIpc) is 2.96. The predicted octanol–water partition coefficient (Wildman–Crippen LogP) is 1.72.